The van der Waals surface area contributed by atoms with Crippen LogP contribution in [0, 0.1) is 5.92 Å². The fourth-order valence-corrected chi connectivity index (χ4v) is 3.84. The number of likely N-dealkylation sites (tertiary alicyclic amines) is 1. The molecule has 1 amide bonds. The zero-order valence-electron chi connectivity index (χ0n) is 15.9. The largest absolute Gasteiger partial charge is 0.497 e. The second-order valence-electron chi connectivity index (χ2n) is 7.28. The maximum absolute atomic E-state index is 12.9. The van der Waals surface area contributed by atoms with Gasteiger partial charge in [0.25, 0.3) is 5.91 Å². The number of amides is 1. The summed E-state index contributed by atoms with van der Waals surface area (Å²) in [6.07, 6.45) is 2.90. The maximum atomic E-state index is 12.9. The van der Waals surface area contributed by atoms with Gasteiger partial charge in [-0.1, -0.05) is 30.3 Å². The molecule has 1 aliphatic heterocycles. The Morgan fingerprint density at radius 2 is 1.86 bits per heavy atom. The van der Waals surface area contributed by atoms with Crippen LogP contribution in [-0.2, 0) is 6.42 Å². The van der Waals surface area contributed by atoms with Gasteiger partial charge in [-0.2, -0.15) is 0 Å². The minimum absolute atomic E-state index is 0.0854. The summed E-state index contributed by atoms with van der Waals surface area (Å²) in [5, 5.41) is 0.682. The average molecular weight is 377 g/mol. The van der Waals surface area contributed by atoms with Gasteiger partial charge in [0.15, 0.2) is 0 Å². The molecular formula is C23H23NO4. The predicted octanol–water partition coefficient (Wildman–Crippen LogP) is 3.90. The van der Waals surface area contributed by atoms with Crippen LogP contribution in [0.2, 0.25) is 0 Å². The van der Waals surface area contributed by atoms with E-state index in [2.05, 4.69) is 24.3 Å². The van der Waals surface area contributed by atoms with E-state index in [1.54, 1.807) is 36.3 Å². The van der Waals surface area contributed by atoms with Crippen LogP contribution in [-0.4, -0.2) is 31.0 Å². The lowest BCUT2D eigenvalue weighted by atomic mass is 9.90. The van der Waals surface area contributed by atoms with Crippen molar-refractivity contribution in [2.24, 2.45) is 5.92 Å². The van der Waals surface area contributed by atoms with Gasteiger partial charge in [0.1, 0.15) is 16.9 Å². The van der Waals surface area contributed by atoms with Crippen molar-refractivity contribution >= 4 is 16.9 Å². The normalized spacial score (nSPS) is 15.0. The van der Waals surface area contributed by atoms with Gasteiger partial charge in [0, 0.05) is 18.5 Å². The van der Waals surface area contributed by atoms with E-state index in [1.165, 1.54) is 5.56 Å². The Hall–Kier alpha value is -3.08. The number of nitrogens with zero attached hydrogens (tertiary/aromatic N) is 1. The first-order valence-corrected chi connectivity index (χ1v) is 9.59. The Morgan fingerprint density at radius 1 is 1.11 bits per heavy atom. The molecule has 0 unspecified atom stereocenters. The van der Waals surface area contributed by atoms with Gasteiger partial charge in [0.05, 0.1) is 7.11 Å². The Labute approximate surface area is 163 Å². The minimum atomic E-state index is -0.589. The number of rotatable bonds is 4. The molecule has 0 N–H and O–H groups in total. The third-order valence-corrected chi connectivity index (χ3v) is 5.44. The first kappa shape index (κ1) is 18.3. The van der Waals surface area contributed by atoms with Crippen molar-refractivity contribution in [1.29, 1.82) is 0 Å². The first-order valence-electron chi connectivity index (χ1n) is 9.59. The molecule has 2 heterocycles. The molecule has 0 saturated carbocycles. The van der Waals surface area contributed by atoms with Gasteiger partial charge in [-0.25, -0.2) is 4.79 Å². The van der Waals surface area contributed by atoms with E-state index in [0.29, 0.717) is 35.7 Å². The van der Waals surface area contributed by atoms with Crippen molar-refractivity contribution in [2.75, 3.05) is 20.2 Å². The number of benzene rings is 2. The quantitative estimate of drug-likeness (QED) is 0.647. The molecule has 28 heavy (non-hydrogen) atoms. The minimum Gasteiger partial charge on any atom is -0.497 e. The summed E-state index contributed by atoms with van der Waals surface area (Å²) >= 11 is 0. The predicted molar refractivity (Wildman–Crippen MR) is 108 cm³/mol. The van der Waals surface area contributed by atoms with Gasteiger partial charge in [0.2, 0.25) is 0 Å². The molecule has 0 aliphatic carbocycles. The Balaban J connectivity index is 1.47. The zero-order valence-corrected chi connectivity index (χ0v) is 15.9. The zero-order chi connectivity index (χ0) is 19.5. The molecule has 0 spiro atoms. The SMILES string of the molecule is COc1ccc2oc(=O)c(C(=O)N3CCC(Cc4ccccc4)CC3)cc2c1. The molecule has 4 rings (SSSR count). The number of hydrogen-bond donors (Lipinski definition) is 0. The molecule has 0 bridgehead atoms. The second-order valence-corrected chi connectivity index (χ2v) is 7.28. The van der Waals surface area contributed by atoms with E-state index in [1.807, 2.05) is 6.07 Å². The lowest BCUT2D eigenvalue weighted by Crippen LogP contribution is -2.40. The number of ether oxygens (including phenoxy) is 1. The van der Waals surface area contributed by atoms with E-state index < -0.39 is 5.63 Å². The lowest BCUT2D eigenvalue weighted by molar-refractivity contribution is 0.0686. The summed E-state index contributed by atoms with van der Waals surface area (Å²) in [5.41, 5.74) is 1.27. The summed E-state index contributed by atoms with van der Waals surface area (Å²) in [6.45, 7) is 1.32. The van der Waals surface area contributed by atoms with Crippen LogP contribution in [0.1, 0.15) is 28.8 Å². The second kappa shape index (κ2) is 7.89. The van der Waals surface area contributed by atoms with Gasteiger partial charge >= 0.3 is 5.63 Å². The monoisotopic (exact) mass is 377 g/mol. The topological polar surface area (TPSA) is 59.8 Å². The fourth-order valence-electron chi connectivity index (χ4n) is 3.84. The van der Waals surface area contributed by atoms with Crippen molar-refractivity contribution in [1.82, 2.24) is 4.90 Å². The molecule has 1 saturated heterocycles. The van der Waals surface area contributed by atoms with E-state index in [-0.39, 0.29) is 11.5 Å². The van der Waals surface area contributed by atoms with Crippen LogP contribution in [0.25, 0.3) is 11.0 Å². The highest BCUT2D eigenvalue weighted by atomic mass is 16.5. The summed E-state index contributed by atoms with van der Waals surface area (Å²) in [6, 6.07) is 17.2. The number of carbonyl (C=O) groups is 1. The Morgan fingerprint density at radius 3 is 2.57 bits per heavy atom. The molecule has 0 atom stereocenters. The van der Waals surface area contributed by atoms with Crippen molar-refractivity contribution in [2.45, 2.75) is 19.3 Å². The van der Waals surface area contributed by atoms with Crippen LogP contribution in [0.3, 0.4) is 0 Å². The first-order chi connectivity index (χ1) is 13.6. The van der Waals surface area contributed by atoms with Crippen molar-refractivity contribution in [3.05, 3.63) is 76.1 Å². The highest BCUT2D eigenvalue weighted by molar-refractivity contribution is 5.96. The molecular weight excluding hydrogens is 354 g/mol. The van der Waals surface area contributed by atoms with Crippen LogP contribution in [0.4, 0.5) is 0 Å². The van der Waals surface area contributed by atoms with Crippen molar-refractivity contribution in [3.8, 4) is 5.75 Å². The summed E-state index contributed by atoms with van der Waals surface area (Å²) < 4.78 is 10.6. The summed E-state index contributed by atoms with van der Waals surface area (Å²) in [7, 11) is 1.58. The third kappa shape index (κ3) is 3.79. The van der Waals surface area contributed by atoms with Crippen LogP contribution in [0.5, 0.6) is 5.75 Å². The molecule has 1 aliphatic rings. The van der Waals surface area contributed by atoms with Gasteiger partial charge in [-0.3, -0.25) is 4.79 Å². The summed E-state index contributed by atoms with van der Waals surface area (Å²) in [4.78, 5) is 27.0. The molecule has 0 radical (unpaired) electrons. The van der Waals surface area contributed by atoms with Crippen LogP contribution >= 0.6 is 0 Å². The van der Waals surface area contributed by atoms with Crippen LogP contribution < -0.4 is 10.4 Å². The molecule has 3 aromatic rings. The molecule has 144 valence electrons. The standard InChI is InChI=1S/C23H23NO4/c1-27-19-7-8-21-18(14-19)15-20(23(26)28-21)22(25)24-11-9-17(10-12-24)13-16-5-3-2-4-6-16/h2-8,14-15,17H,9-13H2,1H3. The van der Waals surface area contributed by atoms with Gasteiger partial charge in [-0.05, 0) is 55.0 Å². The average Bonchev–Trinajstić information content (AvgIpc) is 2.74. The number of hydrogen-bond acceptors (Lipinski definition) is 4. The molecule has 5 nitrogen and oxygen atoms in total. The number of fused-ring (bicyclic) bond motifs is 1. The van der Waals surface area contributed by atoms with Gasteiger partial charge in [-0.15, -0.1) is 0 Å². The highest BCUT2D eigenvalue weighted by Crippen LogP contribution is 2.24. The molecule has 1 aromatic heterocycles. The van der Waals surface area contributed by atoms with Crippen LogP contribution in [0.15, 0.2) is 63.8 Å². The smallest absolute Gasteiger partial charge is 0.349 e. The summed E-state index contributed by atoms with van der Waals surface area (Å²) in [5.74, 6) is 0.960. The number of piperidine rings is 1. The number of methoxy groups -OCH3 is 1. The lowest BCUT2D eigenvalue weighted by Gasteiger charge is -2.32. The molecule has 5 heteroatoms. The molecule has 1 fully saturated rings. The van der Waals surface area contributed by atoms with E-state index >= 15 is 0 Å². The fraction of sp³-hybridized carbons (Fsp3) is 0.304. The van der Waals surface area contributed by atoms with E-state index in [4.69, 9.17) is 9.15 Å². The molecule has 2 aromatic carbocycles. The maximum Gasteiger partial charge on any atom is 0.349 e. The number of carbonyl (C=O) groups excluding carboxylic acids is 1. The Kier molecular flexibility index (Phi) is 5.15. The third-order valence-electron chi connectivity index (χ3n) is 5.44. The van der Waals surface area contributed by atoms with Crippen molar-refractivity contribution in [3.63, 3.8) is 0 Å². The Bertz CT molecular complexity index is 1030. The van der Waals surface area contributed by atoms with Gasteiger partial charge < -0.3 is 14.1 Å². The van der Waals surface area contributed by atoms with E-state index in [0.717, 1.165) is 19.3 Å². The van der Waals surface area contributed by atoms with Crippen molar-refractivity contribution < 1.29 is 13.9 Å². The van der Waals surface area contributed by atoms with E-state index in [9.17, 15) is 9.59 Å². The highest BCUT2D eigenvalue weighted by Gasteiger charge is 2.26.